The summed E-state index contributed by atoms with van der Waals surface area (Å²) >= 11 is 3.20. The molecule has 1 aromatic carbocycles. The van der Waals surface area contributed by atoms with Crippen molar-refractivity contribution in [2.75, 3.05) is 0 Å². The van der Waals surface area contributed by atoms with Crippen molar-refractivity contribution in [2.24, 2.45) is 0 Å². The molecule has 21 heavy (non-hydrogen) atoms. The molecule has 0 saturated heterocycles. The molecule has 0 bridgehead atoms. The zero-order valence-corrected chi connectivity index (χ0v) is 12.6. The average molecular weight is 348 g/mol. The molecular weight excluding hydrogens is 338 g/mol. The van der Waals surface area contributed by atoms with E-state index in [9.17, 15) is 10.1 Å². The van der Waals surface area contributed by atoms with Crippen molar-refractivity contribution >= 4 is 21.7 Å². The van der Waals surface area contributed by atoms with Crippen molar-refractivity contribution < 1.29 is 9.66 Å². The molecule has 1 aromatic heterocycles. The number of hydrogen-bond acceptors (Lipinski definition) is 5. The first-order valence-electron chi connectivity index (χ1n) is 5.98. The highest BCUT2D eigenvalue weighted by Gasteiger charge is 2.21. The topological polar surface area (TPSA) is 89.1 Å². The van der Waals surface area contributed by atoms with Gasteiger partial charge in [-0.25, -0.2) is 0 Å². The minimum absolute atomic E-state index is 0.0506. The number of aromatic nitrogens is 1. The highest BCUT2D eigenvalue weighted by molar-refractivity contribution is 9.10. The van der Waals surface area contributed by atoms with Crippen LogP contribution < -0.4 is 4.74 Å². The van der Waals surface area contributed by atoms with Crippen LogP contribution in [0.3, 0.4) is 0 Å². The normalized spacial score (nSPS) is 11.5. The van der Waals surface area contributed by atoms with Crippen LogP contribution >= 0.6 is 15.9 Å². The van der Waals surface area contributed by atoms with Gasteiger partial charge in [0.25, 0.3) is 0 Å². The van der Waals surface area contributed by atoms with Crippen LogP contribution in [0.25, 0.3) is 0 Å². The van der Waals surface area contributed by atoms with Gasteiger partial charge in [-0.15, -0.1) is 0 Å². The van der Waals surface area contributed by atoms with E-state index in [1.54, 1.807) is 31.2 Å². The van der Waals surface area contributed by atoms with Crippen molar-refractivity contribution in [2.45, 2.75) is 13.0 Å². The Kier molecular flexibility index (Phi) is 4.50. The first-order chi connectivity index (χ1) is 10.0. The van der Waals surface area contributed by atoms with Crippen LogP contribution in [-0.4, -0.2) is 9.91 Å². The fourth-order valence-electron chi connectivity index (χ4n) is 1.84. The fourth-order valence-corrected chi connectivity index (χ4v) is 2.15. The number of ether oxygens (including phenoxy) is 1. The van der Waals surface area contributed by atoms with Gasteiger partial charge < -0.3 is 14.9 Å². The molecule has 2 rings (SSSR count). The van der Waals surface area contributed by atoms with Crippen molar-refractivity contribution in [1.29, 1.82) is 5.26 Å². The summed E-state index contributed by atoms with van der Waals surface area (Å²) in [5.74, 6) is -0.311. The average Bonchev–Trinajstić information content (AvgIpc) is 2.46. The molecule has 7 heteroatoms. The molecule has 0 radical (unpaired) electrons. The van der Waals surface area contributed by atoms with E-state index >= 15 is 0 Å². The third-order valence-electron chi connectivity index (χ3n) is 2.80. The van der Waals surface area contributed by atoms with Crippen LogP contribution in [-0.2, 0) is 0 Å². The quantitative estimate of drug-likeness (QED) is 0.620. The number of nitriles is 1. The van der Waals surface area contributed by atoms with Gasteiger partial charge in [-0.2, -0.15) is 5.26 Å². The first-order valence-corrected chi connectivity index (χ1v) is 6.78. The predicted molar refractivity (Wildman–Crippen MR) is 78.8 cm³/mol. The third-order valence-corrected chi connectivity index (χ3v) is 3.23. The molecular formula is C14H10BrN3O3. The summed E-state index contributed by atoms with van der Waals surface area (Å²) < 4.78 is 6.20. The van der Waals surface area contributed by atoms with Crippen LogP contribution in [0.4, 0.5) is 5.82 Å². The Balaban J connectivity index is 2.36. The van der Waals surface area contributed by atoms with Crippen molar-refractivity contribution in [3.8, 4) is 11.8 Å². The number of nitro groups is 1. The van der Waals surface area contributed by atoms with Gasteiger partial charge in [-0.3, -0.25) is 0 Å². The van der Waals surface area contributed by atoms with Gasteiger partial charge in [0.15, 0.2) is 6.20 Å². The SMILES string of the molecule is CC(Oc1cc(Br)cnc1[N+](=O)[O-])c1ccccc1C#N. The highest BCUT2D eigenvalue weighted by atomic mass is 79.9. The van der Waals surface area contributed by atoms with Gasteiger partial charge in [0.1, 0.15) is 6.10 Å². The predicted octanol–water partition coefficient (Wildman–Crippen LogP) is 3.76. The van der Waals surface area contributed by atoms with E-state index in [0.717, 1.165) is 0 Å². The lowest BCUT2D eigenvalue weighted by molar-refractivity contribution is -0.390. The number of halogens is 1. The van der Waals surface area contributed by atoms with Gasteiger partial charge in [0.2, 0.25) is 5.75 Å². The molecule has 0 aliphatic heterocycles. The van der Waals surface area contributed by atoms with Gasteiger partial charge in [0.05, 0.1) is 16.1 Å². The summed E-state index contributed by atoms with van der Waals surface area (Å²) in [5.41, 5.74) is 1.13. The Morgan fingerprint density at radius 2 is 2.19 bits per heavy atom. The zero-order valence-electron chi connectivity index (χ0n) is 11.0. The van der Waals surface area contributed by atoms with Gasteiger partial charge in [-0.05, 0) is 38.8 Å². The number of hydrogen-bond donors (Lipinski definition) is 0. The Labute approximate surface area is 129 Å². The Hall–Kier alpha value is -2.46. The maximum atomic E-state index is 11.0. The molecule has 1 atom stereocenters. The number of pyridine rings is 1. The summed E-state index contributed by atoms with van der Waals surface area (Å²) in [7, 11) is 0. The summed E-state index contributed by atoms with van der Waals surface area (Å²) in [6.07, 6.45) is 0.814. The third kappa shape index (κ3) is 3.35. The summed E-state index contributed by atoms with van der Waals surface area (Å²) in [4.78, 5) is 14.1. The Bertz CT molecular complexity index is 728. The van der Waals surface area contributed by atoms with E-state index in [-0.39, 0.29) is 11.6 Å². The van der Waals surface area contributed by atoms with E-state index in [4.69, 9.17) is 10.00 Å². The molecule has 1 unspecified atom stereocenters. The Morgan fingerprint density at radius 1 is 1.48 bits per heavy atom. The minimum Gasteiger partial charge on any atom is -0.478 e. The molecule has 0 aliphatic carbocycles. The van der Waals surface area contributed by atoms with Gasteiger partial charge in [0, 0.05) is 11.6 Å². The molecule has 0 fully saturated rings. The molecule has 0 amide bonds. The smallest absolute Gasteiger partial charge is 0.406 e. The molecule has 1 heterocycles. The maximum absolute atomic E-state index is 11.0. The van der Waals surface area contributed by atoms with Crippen LogP contribution in [0.2, 0.25) is 0 Å². The Morgan fingerprint density at radius 3 is 2.86 bits per heavy atom. The second-order valence-corrected chi connectivity index (χ2v) is 5.11. The zero-order chi connectivity index (χ0) is 15.4. The van der Waals surface area contributed by atoms with E-state index in [0.29, 0.717) is 15.6 Å². The lowest BCUT2D eigenvalue weighted by atomic mass is 10.0. The monoisotopic (exact) mass is 347 g/mol. The second kappa shape index (κ2) is 6.33. The standard InChI is InChI=1S/C14H10BrN3O3/c1-9(12-5-3-2-4-10(12)7-16)21-13-6-11(15)8-17-14(13)18(19)20/h2-6,8-9H,1H3. The van der Waals surface area contributed by atoms with Crippen molar-refractivity contribution in [3.63, 3.8) is 0 Å². The van der Waals surface area contributed by atoms with E-state index in [1.807, 2.05) is 0 Å². The van der Waals surface area contributed by atoms with Crippen LogP contribution in [0.5, 0.6) is 5.75 Å². The molecule has 106 valence electrons. The van der Waals surface area contributed by atoms with Crippen molar-refractivity contribution in [3.05, 3.63) is 62.2 Å². The van der Waals surface area contributed by atoms with E-state index in [2.05, 4.69) is 27.0 Å². The summed E-state index contributed by atoms with van der Waals surface area (Å²) in [6.45, 7) is 1.72. The molecule has 0 N–H and O–H groups in total. The number of rotatable bonds is 4. The van der Waals surface area contributed by atoms with Crippen LogP contribution in [0, 0.1) is 21.4 Å². The lowest BCUT2D eigenvalue weighted by Crippen LogP contribution is -2.07. The van der Waals surface area contributed by atoms with E-state index in [1.165, 1.54) is 12.3 Å². The van der Waals surface area contributed by atoms with Gasteiger partial charge in [-0.1, -0.05) is 18.2 Å². The van der Waals surface area contributed by atoms with Crippen LogP contribution in [0.1, 0.15) is 24.2 Å². The summed E-state index contributed by atoms with van der Waals surface area (Å²) in [5, 5.41) is 20.1. The maximum Gasteiger partial charge on any atom is 0.406 e. The summed E-state index contributed by atoms with van der Waals surface area (Å²) in [6, 6.07) is 10.5. The second-order valence-electron chi connectivity index (χ2n) is 4.19. The highest BCUT2D eigenvalue weighted by Crippen LogP contribution is 2.32. The minimum atomic E-state index is -0.606. The van der Waals surface area contributed by atoms with Gasteiger partial charge >= 0.3 is 5.82 Å². The van der Waals surface area contributed by atoms with E-state index < -0.39 is 11.0 Å². The largest absolute Gasteiger partial charge is 0.478 e. The lowest BCUT2D eigenvalue weighted by Gasteiger charge is -2.15. The molecule has 6 nitrogen and oxygen atoms in total. The molecule has 0 saturated carbocycles. The number of benzene rings is 1. The fraction of sp³-hybridized carbons (Fsp3) is 0.143. The molecule has 0 aliphatic rings. The number of nitrogens with zero attached hydrogens (tertiary/aromatic N) is 3. The van der Waals surface area contributed by atoms with Crippen molar-refractivity contribution in [1.82, 2.24) is 4.98 Å². The molecule has 2 aromatic rings. The first kappa shape index (κ1) is 14.9. The molecule has 0 spiro atoms. The van der Waals surface area contributed by atoms with Crippen LogP contribution in [0.15, 0.2) is 41.0 Å².